The quantitative estimate of drug-likeness (QED) is 0.643. The van der Waals surface area contributed by atoms with Crippen molar-refractivity contribution in [2.24, 2.45) is 0 Å². The summed E-state index contributed by atoms with van der Waals surface area (Å²) in [5.74, 6) is -0.316. The minimum atomic E-state index is -4.59. The van der Waals surface area contributed by atoms with E-state index in [-0.39, 0.29) is 29.8 Å². The molecule has 0 unspecified atom stereocenters. The van der Waals surface area contributed by atoms with Crippen molar-refractivity contribution in [1.29, 1.82) is 0 Å². The van der Waals surface area contributed by atoms with Crippen LogP contribution in [0.2, 0.25) is 0 Å². The zero-order valence-electron chi connectivity index (χ0n) is 15.8. The highest BCUT2D eigenvalue weighted by Gasteiger charge is 2.33. The van der Waals surface area contributed by atoms with Gasteiger partial charge >= 0.3 is 6.18 Å². The van der Waals surface area contributed by atoms with E-state index >= 15 is 0 Å². The van der Waals surface area contributed by atoms with E-state index in [1.54, 1.807) is 0 Å². The summed E-state index contributed by atoms with van der Waals surface area (Å²) in [6.07, 6.45) is -2.26. The molecule has 3 aromatic rings. The second-order valence-electron chi connectivity index (χ2n) is 6.81. The van der Waals surface area contributed by atoms with E-state index in [1.807, 2.05) is 24.3 Å². The first kappa shape index (κ1) is 20.2. The Hall–Kier alpha value is -3.11. The molecule has 1 aromatic carbocycles. The van der Waals surface area contributed by atoms with Crippen LogP contribution in [0.15, 0.2) is 48.9 Å². The van der Waals surface area contributed by atoms with E-state index in [2.05, 4.69) is 20.4 Å². The number of nitrogens with one attached hydrogen (secondary N) is 1. The van der Waals surface area contributed by atoms with Gasteiger partial charge in [0.25, 0.3) is 0 Å². The third-order valence-electron chi connectivity index (χ3n) is 4.70. The van der Waals surface area contributed by atoms with Gasteiger partial charge in [0.15, 0.2) is 11.6 Å². The summed E-state index contributed by atoms with van der Waals surface area (Å²) in [6.45, 7) is 2.24. The molecule has 1 N–H and O–H groups in total. The third-order valence-corrected chi connectivity index (χ3v) is 4.70. The van der Waals surface area contributed by atoms with Crippen molar-refractivity contribution in [3.05, 3.63) is 71.4 Å². The molecule has 30 heavy (non-hydrogen) atoms. The molecule has 1 aliphatic rings. The zero-order valence-corrected chi connectivity index (χ0v) is 15.8. The van der Waals surface area contributed by atoms with Gasteiger partial charge in [-0.3, -0.25) is 4.79 Å². The molecule has 1 fully saturated rings. The standard InChI is InChI=1S/C20H18F3N5O2/c21-20(22,23)18-10-19(26-12-25-18)28-7-5-15(27-28)16(29)9-13-1-3-14(4-2-13)17-11-24-6-8-30-17/h1-5,7,10,12,17,24H,6,8-9,11H2/t17-/m1/s1. The Kier molecular flexibility index (Phi) is 5.60. The van der Waals surface area contributed by atoms with Crippen LogP contribution >= 0.6 is 0 Å². The van der Waals surface area contributed by atoms with Crippen molar-refractivity contribution in [3.63, 3.8) is 0 Å². The number of alkyl halides is 3. The predicted octanol–water partition coefficient (Wildman–Crippen LogP) is 2.77. The number of Topliss-reactive ketones (excluding diaryl/α,β-unsaturated/α-hetero) is 1. The SMILES string of the molecule is O=C(Cc1ccc([C@H]2CNCCO2)cc1)c1ccn(-c2cc(C(F)(F)F)ncn2)n1. The molecule has 0 aliphatic carbocycles. The lowest BCUT2D eigenvalue weighted by molar-refractivity contribution is -0.141. The Morgan fingerprint density at radius 3 is 2.70 bits per heavy atom. The summed E-state index contributed by atoms with van der Waals surface area (Å²) in [5, 5.41) is 7.34. The van der Waals surface area contributed by atoms with Crippen molar-refractivity contribution in [1.82, 2.24) is 25.1 Å². The molecule has 1 aliphatic heterocycles. The van der Waals surface area contributed by atoms with Crippen LogP contribution in [0.1, 0.15) is 33.4 Å². The summed E-state index contributed by atoms with van der Waals surface area (Å²) in [4.78, 5) is 19.6. The molecule has 0 radical (unpaired) electrons. The Bertz CT molecular complexity index is 1030. The number of halogens is 3. The first-order chi connectivity index (χ1) is 14.4. The van der Waals surface area contributed by atoms with E-state index in [4.69, 9.17) is 4.74 Å². The van der Waals surface area contributed by atoms with Gasteiger partial charge in [0.2, 0.25) is 0 Å². The number of rotatable bonds is 5. The van der Waals surface area contributed by atoms with Crippen LogP contribution in [0, 0.1) is 0 Å². The minimum absolute atomic E-state index is 0.00588. The lowest BCUT2D eigenvalue weighted by Gasteiger charge is -2.24. The number of benzene rings is 1. The van der Waals surface area contributed by atoms with Crippen LogP contribution in [0.4, 0.5) is 13.2 Å². The lowest BCUT2D eigenvalue weighted by atomic mass is 10.0. The van der Waals surface area contributed by atoms with E-state index < -0.39 is 11.9 Å². The number of carbonyl (C=O) groups is 1. The van der Waals surface area contributed by atoms with Crippen molar-refractivity contribution in [3.8, 4) is 5.82 Å². The van der Waals surface area contributed by atoms with Gasteiger partial charge < -0.3 is 10.1 Å². The van der Waals surface area contributed by atoms with Gasteiger partial charge in [-0.05, 0) is 17.2 Å². The van der Waals surface area contributed by atoms with Crippen molar-refractivity contribution in [2.75, 3.05) is 19.7 Å². The molecule has 3 heterocycles. The number of ketones is 1. The zero-order chi connectivity index (χ0) is 21.1. The van der Waals surface area contributed by atoms with Crippen LogP contribution in [-0.2, 0) is 17.3 Å². The number of nitrogens with zero attached hydrogens (tertiary/aromatic N) is 4. The minimum Gasteiger partial charge on any atom is -0.371 e. The van der Waals surface area contributed by atoms with Gasteiger partial charge in [0.1, 0.15) is 17.7 Å². The lowest BCUT2D eigenvalue weighted by Crippen LogP contribution is -2.33. The molecule has 4 rings (SSSR count). The Morgan fingerprint density at radius 1 is 1.20 bits per heavy atom. The van der Waals surface area contributed by atoms with E-state index in [9.17, 15) is 18.0 Å². The van der Waals surface area contributed by atoms with Gasteiger partial charge in [-0.1, -0.05) is 24.3 Å². The Balaban J connectivity index is 1.44. The van der Waals surface area contributed by atoms with Crippen LogP contribution in [0.25, 0.3) is 5.82 Å². The summed E-state index contributed by atoms with van der Waals surface area (Å²) in [7, 11) is 0. The fourth-order valence-corrected chi connectivity index (χ4v) is 3.13. The molecule has 0 amide bonds. The molecule has 0 saturated carbocycles. The highest BCUT2D eigenvalue weighted by molar-refractivity contribution is 5.95. The number of carbonyl (C=O) groups excluding carboxylic acids is 1. The molecule has 7 nitrogen and oxygen atoms in total. The highest BCUT2D eigenvalue weighted by atomic mass is 19.4. The fourth-order valence-electron chi connectivity index (χ4n) is 3.13. The monoisotopic (exact) mass is 417 g/mol. The maximum Gasteiger partial charge on any atom is 0.433 e. The third kappa shape index (κ3) is 4.55. The average Bonchev–Trinajstić information content (AvgIpc) is 3.25. The first-order valence-electron chi connectivity index (χ1n) is 9.30. The number of ether oxygens (including phenoxy) is 1. The van der Waals surface area contributed by atoms with E-state index in [0.717, 1.165) is 41.3 Å². The maximum absolute atomic E-state index is 12.8. The van der Waals surface area contributed by atoms with Crippen LogP contribution in [0.5, 0.6) is 0 Å². The fraction of sp³-hybridized carbons (Fsp3) is 0.300. The van der Waals surface area contributed by atoms with Gasteiger partial charge in [0, 0.05) is 31.8 Å². The topological polar surface area (TPSA) is 81.9 Å². The molecule has 156 valence electrons. The van der Waals surface area contributed by atoms with E-state index in [0.29, 0.717) is 6.61 Å². The molecule has 0 bridgehead atoms. The number of hydrogen-bond acceptors (Lipinski definition) is 6. The van der Waals surface area contributed by atoms with Crippen molar-refractivity contribution in [2.45, 2.75) is 18.7 Å². The average molecular weight is 417 g/mol. The highest BCUT2D eigenvalue weighted by Crippen LogP contribution is 2.27. The predicted molar refractivity (Wildman–Crippen MR) is 100 cm³/mol. The largest absolute Gasteiger partial charge is 0.433 e. The second kappa shape index (κ2) is 8.33. The molecule has 1 saturated heterocycles. The summed E-state index contributed by atoms with van der Waals surface area (Å²) in [5.41, 5.74) is 0.912. The van der Waals surface area contributed by atoms with Crippen LogP contribution < -0.4 is 5.32 Å². The molecular formula is C20H18F3N5O2. The molecule has 1 atom stereocenters. The normalized spacial score (nSPS) is 17.1. The number of morpholine rings is 1. The second-order valence-corrected chi connectivity index (χ2v) is 6.81. The molecule has 2 aromatic heterocycles. The number of hydrogen-bond donors (Lipinski definition) is 1. The summed E-state index contributed by atoms with van der Waals surface area (Å²) < 4.78 is 45.3. The summed E-state index contributed by atoms with van der Waals surface area (Å²) >= 11 is 0. The molecule has 10 heteroatoms. The number of aromatic nitrogens is 4. The van der Waals surface area contributed by atoms with Crippen LogP contribution in [-0.4, -0.2) is 45.2 Å². The van der Waals surface area contributed by atoms with Gasteiger partial charge in [-0.15, -0.1) is 0 Å². The van der Waals surface area contributed by atoms with Crippen LogP contribution in [0.3, 0.4) is 0 Å². The maximum atomic E-state index is 12.8. The van der Waals surface area contributed by atoms with Crippen molar-refractivity contribution < 1.29 is 22.7 Å². The molecular weight excluding hydrogens is 399 g/mol. The van der Waals surface area contributed by atoms with Gasteiger partial charge in [0.05, 0.1) is 12.7 Å². The summed E-state index contributed by atoms with van der Waals surface area (Å²) in [6, 6.07) is 9.82. The Labute approximate surface area is 169 Å². The first-order valence-corrected chi connectivity index (χ1v) is 9.30. The smallest absolute Gasteiger partial charge is 0.371 e. The van der Waals surface area contributed by atoms with Gasteiger partial charge in [-0.25, -0.2) is 14.6 Å². The van der Waals surface area contributed by atoms with Crippen molar-refractivity contribution >= 4 is 5.78 Å². The van der Waals surface area contributed by atoms with Gasteiger partial charge in [-0.2, -0.15) is 18.3 Å². The Morgan fingerprint density at radius 2 is 2.00 bits per heavy atom. The van der Waals surface area contributed by atoms with E-state index in [1.165, 1.54) is 12.3 Å². The molecule has 0 spiro atoms.